The first kappa shape index (κ1) is 25.8. The quantitative estimate of drug-likeness (QED) is 0.233. The summed E-state index contributed by atoms with van der Waals surface area (Å²) in [5.74, 6) is 2.85. The van der Waals surface area contributed by atoms with Gasteiger partial charge in [-0.2, -0.15) is 0 Å². The second-order valence-electron chi connectivity index (χ2n) is 10.3. The van der Waals surface area contributed by atoms with Gasteiger partial charge < -0.3 is 19.2 Å². The van der Waals surface area contributed by atoms with E-state index in [4.69, 9.17) is 13.9 Å². The molecule has 0 atom stereocenters. The van der Waals surface area contributed by atoms with E-state index in [0.29, 0.717) is 46.2 Å². The minimum Gasteiger partial charge on any atom is -0.492 e. The molecule has 1 saturated heterocycles. The maximum atomic E-state index is 13.2. The summed E-state index contributed by atoms with van der Waals surface area (Å²) in [5.41, 5.74) is 3.72. The van der Waals surface area contributed by atoms with Crippen LogP contribution in [0.25, 0.3) is 21.9 Å². The van der Waals surface area contributed by atoms with Gasteiger partial charge >= 0.3 is 0 Å². The number of carbonyl (C=O) groups is 1. The summed E-state index contributed by atoms with van der Waals surface area (Å²) < 4.78 is 18.2. The van der Waals surface area contributed by atoms with Crippen LogP contribution in [0.2, 0.25) is 0 Å². The molecule has 1 amide bonds. The minimum atomic E-state index is -0.263. The number of pyridine rings is 2. The van der Waals surface area contributed by atoms with Gasteiger partial charge in [-0.05, 0) is 94.7 Å². The average molecular weight is 537 g/mol. The van der Waals surface area contributed by atoms with Crippen molar-refractivity contribution in [2.24, 2.45) is 0 Å². The van der Waals surface area contributed by atoms with Crippen LogP contribution in [-0.2, 0) is 0 Å². The molecule has 40 heavy (non-hydrogen) atoms. The number of carbonyl (C=O) groups excluding carboxylic acids is 1. The van der Waals surface area contributed by atoms with Gasteiger partial charge in [-0.3, -0.25) is 14.7 Å². The van der Waals surface area contributed by atoms with E-state index in [2.05, 4.69) is 20.2 Å². The Morgan fingerprint density at radius 1 is 0.975 bits per heavy atom. The number of benzene rings is 2. The van der Waals surface area contributed by atoms with E-state index in [-0.39, 0.29) is 5.91 Å². The number of likely N-dealkylation sites (tertiary alicyclic amines) is 1. The van der Waals surface area contributed by atoms with Gasteiger partial charge in [0, 0.05) is 41.3 Å². The molecule has 8 nitrogen and oxygen atoms in total. The number of hydrogen-bond acceptors (Lipinski definition) is 7. The van der Waals surface area contributed by atoms with Crippen molar-refractivity contribution in [1.82, 2.24) is 14.9 Å². The first-order chi connectivity index (χ1) is 19.4. The van der Waals surface area contributed by atoms with Gasteiger partial charge in [0.2, 0.25) is 0 Å². The van der Waals surface area contributed by atoms with E-state index >= 15 is 0 Å². The number of fused-ring (bicyclic) bond motifs is 2. The third-order valence-electron chi connectivity index (χ3n) is 7.18. The fraction of sp³-hybridized carbons (Fsp3) is 0.281. The van der Waals surface area contributed by atoms with Gasteiger partial charge in [0.1, 0.15) is 41.0 Å². The standard InChI is InChI=1S/C32H32N4O4/c1-20-16-21(2)34-30(17-20)35-32(37)31-22(3)39-29-19-24(7-9-26(29)31)40-28-10-11-33-27-18-23(6-8-25(27)28)38-15-14-36-12-4-5-13-36/h6-11,16-19H,4-5,12-15H2,1-3H3,(H,34,35,37). The molecule has 0 spiro atoms. The topological polar surface area (TPSA) is 89.7 Å². The summed E-state index contributed by atoms with van der Waals surface area (Å²) in [4.78, 5) is 24.5. The second kappa shape index (κ2) is 11.0. The molecule has 8 heteroatoms. The molecule has 2 aromatic carbocycles. The van der Waals surface area contributed by atoms with Crippen molar-refractivity contribution in [2.45, 2.75) is 33.6 Å². The van der Waals surface area contributed by atoms with Crippen molar-refractivity contribution >= 4 is 33.6 Å². The Bertz CT molecular complexity index is 1680. The van der Waals surface area contributed by atoms with Crippen LogP contribution in [0.5, 0.6) is 17.2 Å². The minimum absolute atomic E-state index is 0.263. The Morgan fingerprint density at radius 2 is 1.77 bits per heavy atom. The highest BCUT2D eigenvalue weighted by atomic mass is 16.5. The predicted molar refractivity (Wildman–Crippen MR) is 156 cm³/mol. The summed E-state index contributed by atoms with van der Waals surface area (Å²) in [6.07, 6.45) is 4.28. The molecule has 0 aliphatic carbocycles. The number of furan rings is 1. The molecular weight excluding hydrogens is 504 g/mol. The Morgan fingerprint density at radius 3 is 2.60 bits per heavy atom. The molecule has 1 N–H and O–H groups in total. The smallest absolute Gasteiger partial charge is 0.260 e. The normalized spacial score (nSPS) is 13.7. The number of aromatic nitrogens is 2. The number of anilines is 1. The lowest BCUT2D eigenvalue weighted by atomic mass is 10.1. The summed E-state index contributed by atoms with van der Waals surface area (Å²) in [6.45, 7) is 9.57. The molecule has 1 fully saturated rings. The maximum Gasteiger partial charge on any atom is 0.260 e. The Kier molecular flexibility index (Phi) is 7.09. The first-order valence-electron chi connectivity index (χ1n) is 13.6. The lowest BCUT2D eigenvalue weighted by molar-refractivity contribution is 0.102. The highest BCUT2D eigenvalue weighted by Gasteiger charge is 2.20. The predicted octanol–water partition coefficient (Wildman–Crippen LogP) is 6.82. The number of nitrogens with zero attached hydrogens (tertiary/aromatic N) is 3. The first-order valence-corrected chi connectivity index (χ1v) is 13.6. The molecule has 0 bridgehead atoms. The number of hydrogen-bond donors (Lipinski definition) is 1. The number of ether oxygens (including phenoxy) is 2. The van der Waals surface area contributed by atoms with Crippen LogP contribution in [0.4, 0.5) is 5.82 Å². The van der Waals surface area contributed by atoms with Crippen LogP contribution >= 0.6 is 0 Å². The molecule has 204 valence electrons. The zero-order valence-corrected chi connectivity index (χ0v) is 23.0. The Balaban J connectivity index is 1.19. The van der Waals surface area contributed by atoms with Gasteiger partial charge in [0.25, 0.3) is 5.91 Å². The highest BCUT2D eigenvalue weighted by Crippen LogP contribution is 2.34. The summed E-state index contributed by atoms with van der Waals surface area (Å²) in [7, 11) is 0. The van der Waals surface area contributed by atoms with E-state index in [9.17, 15) is 4.79 Å². The Labute approximate surface area is 232 Å². The molecule has 6 rings (SSSR count). The maximum absolute atomic E-state index is 13.2. The van der Waals surface area contributed by atoms with Crippen LogP contribution in [0.3, 0.4) is 0 Å². The van der Waals surface area contributed by atoms with Crippen LogP contribution in [0.15, 0.2) is 65.2 Å². The van der Waals surface area contributed by atoms with E-state index < -0.39 is 0 Å². The van der Waals surface area contributed by atoms with Gasteiger partial charge in [0.05, 0.1) is 11.1 Å². The molecule has 4 heterocycles. The van der Waals surface area contributed by atoms with Crippen molar-refractivity contribution in [2.75, 3.05) is 31.6 Å². The summed E-state index contributed by atoms with van der Waals surface area (Å²) >= 11 is 0. The van der Waals surface area contributed by atoms with Crippen molar-refractivity contribution in [1.29, 1.82) is 0 Å². The van der Waals surface area contributed by atoms with Gasteiger partial charge in [-0.15, -0.1) is 0 Å². The third-order valence-corrected chi connectivity index (χ3v) is 7.18. The van der Waals surface area contributed by atoms with Gasteiger partial charge in [-0.1, -0.05) is 0 Å². The van der Waals surface area contributed by atoms with Gasteiger partial charge in [-0.25, -0.2) is 4.98 Å². The van der Waals surface area contributed by atoms with Crippen molar-refractivity contribution in [3.8, 4) is 17.2 Å². The van der Waals surface area contributed by atoms with Crippen molar-refractivity contribution in [3.05, 3.63) is 83.4 Å². The number of rotatable bonds is 8. The molecule has 1 aliphatic heterocycles. The lowest BCUT2D eigenvalue weighted by Crippen LogP contribution is -2.25. The van der Waals surface area contributed by atoms with Crippen molar-refractivity contribution < 1.29 is 18.7 Å². The Hall–Kier alpha value is -4.43. The molecule has 5 aromatic rings. The van der Waals surface area contributed by atoms with E-state index in [1.54, 1.807) is 19.2 Å². The fourth-order valence-electron chi connectivity index (χ4n) is 5.34. The number of nitrogens with one attached hydrogen (secondary N) is 1. The lowest BCUT2D eigenvalue weighted by Gasteiger charge is -2.15. The highest BCUT2D eigenvalue weighted by molar-refractivity contribution is 6.13. The average Bonchev–Trinajstić information content (AvgIpc) is 3.55. The second-order valence-corrected chi connectivity index (χ2v) is 10.3. The molecule has 3 aromatic heterocycles. The summed E-state index contributed by atoms with van der Waals surface area (Å²) in [6, 6.07) is 17.0. The number of amides is 1. The van der Waals surface area contributed by atoms with E-state index in [0.717, 1.165) is 47.5 Å². The van der Waals surface area contributed by atoms with Crippen molar-refractivity contribution in [3.63, 3.8) is 0 Å². The van der Waals surface area contributed by atoms with Crippen LogP contribution in [-0.4, -0.2) is 47.0 Å². The molecular formula is C32H32N4O4. The molecule has 0 radical (unpaired) electrons. The molecule has 0 saturated carbocycles. The van der Waals surface area contributed by atoms with Crippen LogP contribution in [0, 0.1) is 20.8 Å². The molecule has 0 unspecified atom stereocenters. The molecule has 1 aliphatic rings. The van der Waals surface area contributed by atoms with E-state index in [1.165, 1.54) is 12.8 Å². The fourth-order valence-corrected chi connectivity index (χ4v) is 5.34. The van der Waals surface area contributed by atoms with E-state index in [1.807, 2.05) is 62.4 Å². The van der Waals surface area contributed by atoms with Crippen LogP contribution < -0.4 is 14.8 Å². The zero-order chi connectivity index (χ0) is 27.6. The van der Waals surface area contributed by atoms with Crippen LogP contribution in [0.1, 0.15) is 40.2 Å². The SMILES string of the molecule is Cc1cc(C)nc(NC(=O)c2c(C)oc3cc(Oc4ccnc5cc(OCCN6CCCC6)ccc45)ccc23)c1. The third kappa shape index (κ3) is 5.49. The monoisotopic (exact) mass is 536 g/mol. The zero-order valence-electron chi connectivity index (χ0n) is 23.0. The number of aryl methyl sites for hydroxylation is 3. The summed E-state index contributed by atoms with van der Waals surface area (Å²) in [5, 5.41) is 4.49. The van der Waals surface area contributed by atoms with Gasteiger partial charge in [0.15, 0.2) is 0 Å². The largest absolute Gasteiger partial charge is 0.492 e.